The summed E-state index contributed by atoms with van der Waals surface area (Å²) in [4.78, 5) is 14.8. The van der Waals surface area contributed by atoms with Crippen LogP contribution in [-0.4, -0.2) is 19.0 Å². The topological polar surface area (TPSA) is 77.9 Å². The average Bonchev–Trinajstić information content (AvgIpc) is 2.51. The number of halogens is 1. The molecule has 0 aliphatic carbocycles. The maximum atomic E-state index is 13.7. The molecule has 0 aromatic heterocycles. The van der Waals surface area contributed by atoms with Gasteiger partial charge in [-0.25, -0.2) is 4.39 Å². The van der Waals surface area contributed by atoms with Gasteiger partial charge in [-0.3, -0.25) is 4.79 Å². The number of hydrogen-bond acceptors (Lipinski definition) is 2. The zero-order chi connectivity index (χ0) is 15.1. The Morgan fingerprint density at radius 2 is 1.95 bits per heavy atom. The number of fused-ring (bicyclic) bond motifs is 1. The van der Waals surface area contributed by atoms with Crippen molar-refractivity contribution in [1.29, 1.82) is 0 Å². The zero-order valence-electron chi connectivity index (χ0n) is 11.4. The third-order valence-electron chi connectivity index (χ3n) is 3.15. The number of amides is 1. The standard InChI is InChI=1S/C15H15FN4O/c16-14-8-7-13(11-5-1-2-6-12(11)14)15(21)18-9-3-4-10-19-20-17/h1-2,5-8H,3-4,9-10H2,(H,18,21). The lowest BCUT2D eigenvalue weighted by molar-refractivity contribution is 0.0954. The second kappa shape index (κ2) is 7.26. The van der Waals surface area contributed by atoms with Gasteiger partial charge in [0.25, 0.3) is 5.91 Å². The van der Waals surface area contributed by atoms with Crippen LogP contribution in [0, 0.1) is 5.82 Å². The van der Waals surface area contributed by atoms with E-state index in [9.17, 15) is 9.18 Å². The van der Waals surface area contributed by atoms with Gasteiger partial charge in [0.1, 0.15) is 5.82 Å². The van der Waals surface area contributed by atoms with E-state index in [-0.39, 0.29) is 11.7 Å². The van der Waals surface area contributed by atoms with E-state index in [0.29, 0.717) is 35.8 Å². The van der Waals surface area contributed by atoms with Gasteiger partial charge in [-0.05, 0) is 35.9 Å². The van der Waals surface area contributed by atoms with Crippen LogP contribution in [0.2, 0.25) is 0 Å². The van der Waals surface area contributed by atoms with Crippen molar-refractivity contribution in [3.63, 3.8) is 0 Å². The van der Waals surface area contributed by atoms with Crippen molar-refractivity contribution in [2.75, 3.05) is 13.1 Å². The number of carbonyl (C=O) groups is 1. The normalized spacial score (nSPS) is 10.1. The lowest BCUT2D eigenvalue weighted by Gasteiger charge is -2.08. The molecule has 0 spiro atoms. The van der Waals surface area contributed by atoms with Gasteiger partial charge in [-0.2, -0.15) is 0 Å². The van der Waals surface area contributed by atoms with Crippen LogP contribution >= 0.6 is 0 Å². The summed E-state index contributed by atoms with van der Waals surface area (Å²) in [5.74, 6) is -0.563. The van der Waals surface area contributed by atoms with Crippen LogP contribution in [0.3, 0.4) is 0 Å². The quantitative estimate of drug-likeness (QED) is 0.373. The van der Waals surface area contributed by atoms with Crippen LogP contribution in [0.1, 0.15) is 23.2 Å². The molecule has 108 valence electrons. The molecule has 0 aliphatic rings. The first-order valence-corrected chi connectivity index (χ1v) is 6.70. The molecular formula is C15H15FN4O. The third-order valence-corrected chi connectivity index (χ3v) is 3.15. The summed E-state index contributed by atoms with van der Waals surface area (Å²) in [7, 11) is 0. The fourth-order valence-electron chi connectivity index (χ4n) is 2.11. The molecule has 2 rings (SSSR count). The molecule has 0 saturated carbocycles. The SMILES string of the molecule is [N-]=[N+]=NCCCCNC(=O)c1ccc(F)c2ccccc12. The summed E-state index contributed by atoms with van der Waals surface area (Å²) in [6.07, 6.45) is 1.44. The predicted octanol–water partition coefficient (Wildman–Crippen LogP) is 3.80. The average molecular weight is 286 g/mol. The molecule has 1 N–H and O–H groups in total. The first-order valence-electron chi connectivity index (χ1n) is 6.70. The van der Waals surface area contributed by atoms with Crippen molar-refractivity contribution in [1.82, 2.24) is 5.32 Å². The first-order chi connectivity index (χ1) is 10.2. The maximum absolute atomic E-state index is 13.7. The molecule has 6 heteroatoms. The Kier molecular flexibility index (Phi) is 5.12. The Labute approximate surface area is 121 Å². The Morgan fingerprint density at radius 3 is 2.71 bits per heavy atom. The highest BCUT2D eigenvalue weighted by Gasteiger charge is 2.11. The van der Waals surface area contributed by atoms with E-state index in [1.54, 1.807) is 24.3 Å². The fraction of sp³-hybridized carbons (Fsp3) is 0.267. The van der Waals surface area contributed by atoms with Crippen molar-refractivity contribution >= 4 is 16.7 Å². The number of unbranched alkanes of at least 4 members (excludes halogenated alkanes) is 1. The number of azide groups is 1. The molecule has 0 heterocycles. The highest BCUT2D eigenvalue weighted by atomic mass is 19.1. The maximum Gasteiger partial charge on any atom is 0.251 e. The number of nitrogens with one attached hydrogen (secondary N) is 1. The summed E-state index contributed by atoms with van der Waals surface area (Å²) >= 11 is 0. The second-order valence-electron chi connectivity index (χ2n) is 4.56. The molecule has 5 nitrogen and oxygen atoms in total. The van der Waals surface area contributed by atoms with Crippen molar-refractivity contribution in [3.05, 3.63) is 58.2 Å². The molecule has 2 aromatic carbocycles. The van der Waals surface area contributed by atoms with Crippen molar-refractivity contribution < 1.29 is 9.18 Å². The number of benzene rings is 2. The van der Waals surface area contributed by atoms with E-state index in [1.807, 2.05) is 0 Å². The van der Waals surface area contributed by atoms with Gasteiger partial charge >= 0.3 is 0 Å². The Bertz CT molecular complexity index is 695. The molecule has 0 unspecified atom stereocenters. The summed E-state index contributed by atoms with van der Waals surface area (Å²) < 4.78 is 13.7. The van der Waals surface area contributed by atoms with Gasteiger partial charge in [0.15, 0.2) is 0 Å². The summed E-state index contributed by atoms with van der Waals surface area (Å²) in [6, 6.07) is 9.70. The van der Waals surface area contributed by atoms with Crippen LogP contribution in [0.5, 0.6) is 0 Å². The minimum Gasteiger partial charge on any atom is -0.352 e. The van der Waals surface area contributed by atoms with E-state index in [0.717, 1.165) is 6.42 Å². The zero-order valence-corrected chi connectivity index (χ0v) is 11.4. The smallest absolute Gasteiger partial charge is 0.251 e. The van der Waals surface area contributed by atoms with E-state index >= 15 is 0 Å². The number of rotatable bonds is 6. The highest BCUT2D eigenvalue weighted by Crippen LogP contribution is 2.21. The number of nitrogens with zero attached hydrogens (tertiary/aromatic N) is 3. The molecular weight excluding hydrogens is 271 g/mol. The van der Waals surface area contributed by atoms with Crippen LogP contribution in [-0.2, 0) is 0 Å². The number of hydrogen-bond donors (Lipinski definition) is 1. The molecule has 21 heavy (non-hydrogen) atoms. The largest absolute Gasteiger partial charge is 0.352 e. The second-order valence-corrected chi connectivity index (χ2v) is 4.56. The van der Waals surface area contributed by atoms with Crippen molar-refractivity contribution in [2.45, 2.75) is 12.8 Å². The number of carbonyl (C=O) groups excluding carboxylic acids is 1. The van der Waals surface area contributed by atoms with Crippen molar-refractivity contribution in [2.24, 2.45) is 5.11 Å². The monoisotopic (exact) mass is 286 g/mol. The van der Waals surface area contributed by atoms with E-state index in [1.165, 1.54) is 12.1 Å². The molecule has 0 aliphatic heterocycles. The van der Waals surface area contributed by atoms with Gasteiger partial charge in [0.2, 0.25) is 0 Å². The van der Waals surface area contributed by atoms with Gasteiger partial charge in [-0.15, -0.1) is 0 Å². The van der Waals surface area contributed by atoms with Crippen LogP contribution < -0.4 is 5.32 Å². The molecule has 0 fully saturated rings. The molecule has 0 saturated heterocycles. The third kappa shape index (κ3) is 3.70. The Balaban J connectivity index is 2.03. The minimum absolute atomic E-state index is 0.227. The molecule has 0 atom stereocenters. The molecule has 0 radical (unpaired) electrons. The lowest BCUT2D eigenvalue weighted by atomic mass is 10.0. The summed E-state index contributed by atoms with van der Waals surface area (Å²) in [5.41, 5.74) is 8.60. The van der Waals surface area contributed by atoms with Gasteiger partial charge in [-0.1, -0.05) is 29.4 Å². The Hall–Kier alpha value is -2.59. The van der Waals surface area contributed by atoms with E-state index in [4.69, 9.17) is 5.53 Å². The van der Waals surface area contributed by atoms with Crippen molar-refractivity contribution in [3.8, 4) is 0 Å². The summed E-state index contributed by atoms with van der Waals surface area (Å²) in [5, 5.41) is 7.25. The van der Waals surface area contributed by atoms with Crippen LogP contribution in [0.15, 0.2) is 41.5 Å². The molecule has 2 aromatic rings. The Morgan fingerprint density at radius 1 is 1.19 bits per heavy atom. The van der Waals surface area contributed by atoms with Gasteiger partial charge in [0.05, 0.1) is 0 Å². The predicted molar refractivity (Wildman–Crippen MR) is 79.5 cm³/mol. The first kappa shape index (κ1) is 14.8. The lowest BCUT2D eigenvalue weighted by Crippen LogP contribution is -2.24. The van der Waals surface area contributed by atoms with Gasteiger partial charge in [0, 0.05) is 29.0 Å². The van der Waals surface area contributed by atoms with E-state index < -0.39 is 0 Å². The van der Waals surface area contributed by atoms with Crippen LogP contribution in [0.25, 0.3) is 21.2 Å². The molecule has 1 amide bonds. The highest BCUT2D eigenvalue weighted by molar-refractivity contribution is 6.07. The van der Waals surface area contributed by atoms with Crippen LogP contribution in [0.4, 0.5) is 4.39 Å². The molecule has 0 bridgehead atoms. The van der Waals surface area contributed by atoms with E-state index in [2.05, 4.69) is 15.3 Å². The minimum atomic E-state index is -0.337. The summed E-state index contributed by atoms with van der Waals surface area (Å²) in [6.45, 7) is 0.914. The van der Waals surface area contributed by atoms with Gasteiger partial charge < -0.3 is 5.32 Å². The fourth-order valence-corrected chi connectivity index (χ4v) is 2.11.